The van der Waals surface area contributed by atoms with E-state index in [9.17, 15) is 14.4 Å². The normalized spacial score (nSPS) is 19.7. The van der Waals surface area contributed by atoms with Crippen LogP contribution in [0.5, 0.6) is 0 Å². The first kappa shape index (κ1) is 21.8. The smallest absolute Gasteiger partial charge is 0.318 e. The summed E-state index contributed by atoms with van der Waals surface area (Å²) in [6.45, 7) is 3.78. The molecule has 8 heteroatoms. The Bertz CT molecular complexity index is 935. The number of hydrogen-bond donors (Lipinski definition) is 2. The van der Waals surface area contributed by atoms with E-state index in [-0.39, 0.29) is 12.6 Å². The summed E-state index contributed by atoms with van der Waals surface area (Å²) in [5.41, 5.74) is 2.94. The van der Waals surface area contributed by atoms with Gasteiger partial charge in [0.2, 0.25) is 0 Å². The minimum Gasteiger partial charge on any atom is -0.318 e. The van der Waals surface area contributed by atoms with Gasteiger partial charge in [0.05, 0.1) is 6.54 Å². The summed E-state index contributed by atoms with van der Waals surface area (Å²) in [6, 6.07) is 15.7. The van der Waals surface area contributed by atoms with Crippen molar-refractivity contribution < 1.29 is 14.4 Å². The lowest BCUT2D eigenvalue weighted by molar-refractivity contribution is -0.139. The second kappa shape index (κ2) is 8.85. The molecule has 2 aromatic rings. The molecule has 0 bridgehead atoms. The van der Waals surface area contributed by atoms with E-state index in [1.807, 2.05) is 36.9 Å². The maximum atomic E-state index is 13.1. The zero-order valence-corrected chi connectivity index (χ0v) is 17.9. The number of hydrogen-bond acceptors (Lipinski definition) is 4. The molecule has 0 aliphatic carbocycles. The molecule has 30 heavy (non-hydrogen) atoms. The topological polar surface area (TPSA) is 81.8 Å². The molecule has 1 heterocycles. The number of likely N-dealkylation sites (N-methyl/N-ethyl adjacent to an activating group) is 1. The first-order valence-corrected chi connectivity index (χ1v) is 10.1. The zero-order valence-electron chi connectivity index (χ0n) is 17.2. The number of rotatable bonds is 7. The highest BCUT2D eigenvalue weighted by Gasteiger charge is 2.52. The van der Waals surface area contributed by atoms with Crippen LogP contribution in [0.15, 0.2) is 54.6 Å². The number of imide groups is 1. The van der Waals surface area contributed by atoms with E-state index in [2.05, 4.69) is 10.7 Å². The van der Waals surface area contributed by atoms with Crippen LogP contribution in [0.2, 0.25) is 5.02 Å². The molecule has 1 aliphatic rings. The van der Waals surface area contributed by atoms with Crippen LogP contribution < -0.4 is 10.7 Å². The standard InChI is InChI=1S/C22H25ClN4O3/c1-4-22(17-8-6-5-7-9-17)20(29)27(21(30)24-22)25-19(28)14-26(3)15(2)16-10-12-18(23)13-11-16/h5-13,15H,4,14H2,1-3H3,(H,24,30)(H,25,28). The molecule has 0 aromatic heterocycles. The molecular formula is C22H25ClN4O3. The molecule has 158 valence electrons. The van der Waals surface area contributed by atoms with Crippen LogP contribution in [0.3, 0.4) is 0 Å². The van der Waals surface area contributed by atoms with Gasteiger partial charge in [-0.1, -0.05) is 61.0 Å². The molecular weight excluding hydrogens is 404 g/mol. The second-order valence-electron chi connectivity index (χ2n) is 7.37. The van der Waals surface area contributed by atoms with E-state index in [0.717, 1.165) is 10.6 Å². The predicted molar refractivity (Wildman–Crippen MR) is 114 cm³/mol. The molecule has 1 aliphatic heterocycles. The highest BCUT2D eigenvalue weighted by molar-refractivity contribution is 6.30. The summed E-state index contributed by atoms with van der Waals surface area (Å²) in [7, 11) is 1.80. The van der Waals surface area contributed by atoms with Crippen LogP contribution in [-0.2, 0) is 15.1 Å². The van der Waals surface area contributed by atoms with Crippen LogP contribution >= 0.6 is 11.6 Å². The van der Waals surface area contributed by atoms with Gasteiger partial charge >= 0.3 is 6.03 Å². The molecule has 2 N–H and O–H groups in total. The van der Waals surface area contributed by atoms with Gasteiger partial charge < -0.3 is 5.32 Å². The molecule has 1 fully saturated rings. The van der Waals surface area contributed by atoms with E-state index >= 15 is 0 Å². The Morgan fingerprint density at radius 3 is 2.40 bits per heavy atom. The third-order valence-electron chi connectivity index (χ3n) is 5.53. The lowest BCUT2D eigenvalue weighted by Gasteiger charge is -2.27. The number of carbonyl (C=O) groups excluding carboxylic acids is 3. The molecule has 0 saturated carbocycles. The van der Waals surface area contributed by atoms with Crippen LogP contribution in [0, 0.1) is 0 Å². The summed E-state index contributed by atoms with van der Waals surface area (Å²) in [4.78, 5) is 40.0. The van der Waals surface area contributed by atoms with Crippen molar-refractivity contribution in [2.24, 2.45) is 0 Å². The summed E-state index contributed by atoms with van der Waals surface area (Å²) < 4.78 is 0. The molecule has 0 spiro atoms. The van der Waals surface area contributed by atoms with E-state index in [4.69, 9.17) is 11.6 Å². The van der Waals surface area contributed by atoms with Gasteiger partial charge in [0.15, 0.2) is 0 Å². The third kappa shape index (κ3) is 4.17. The maximum Gasteiger partial charge on any atom is 0.344 e. The van der Waals surface area contributed by atoms with Gasteiger partial charge in [0.1, 0.15) is 5.54 Å². The molecule has 2 unspecified atom stereocenters. The summed E-state index contributed by atoms with van der Waals surface area (Å²) in [5, 5.41) is 4.16. The van der Waals surface area contributed by atoms with Crippen molar-refractivity contribution in [1.82, 2.24) is 20.7 Å². The number of hydrazine groups is 1. The fourth-order valence-corrected chi connectivity index (χ4v) is 3.68. The van der Waals surface area contributed by atoms with Gasteiger partial charge in [-0.15, -0.1) is 0 Å². The molecule has 1 saturated heterocycles. The largest absolute Gasteiger partial charge is 0.344 e. The van der Waals surface area contributed by atoms with Crippen LogP contribution in [0.4, 0.5) is 4.79 Å². The molecule has 4 amide bonds. The fourth-order valence-electron chi connectivity index (χ4n) is 3.56. The van der Waals surface area contributed by atoms with E-state index in [0.29, 0.717) is 17.0 Å². The van der Waals surface area contributed by atoms with E-state index in [1.165, 1.54) is 0 Å². The predicted octanol–water partition coefficient (Wildman–Crippen LogP) is 3.22. The maximum absolute atomic E-state index is 13.1. The minimum absolute atomic E-state index is 0.00527. The number of carbonyl (C=O) groups is 3. The number of halogens is 1. The fraction of sp³-hybridized carbons (Fsp3) is 0.318. The number of urea groups is 1. The van der Waals surface area contributed by atoms with Gasteiger partial charge in [0.25, 0.3) is 11.8 Å². The van der Waals surface area contributed by atoms with Crippen molar-refractivity contribution in [1.29, 1.82) is 0 Å². The van der Waals surface area contributed by atoms with Crippen molar-refractivity contribution in [2.45, 2.75) is 31.8 Å². The molecule has 3 rings (SSSR count). The van der Waals surface area contributed by atoms with Gasteiger partial charge in [0, 0.05) is 11.1 Å². The Hall–Kier alpha value is -2.90. The summed E-state index contributed by atoms with van der Waals surface area (Å²) >= 11 is 5.93. The average Bonchev–Trinajstić information content (AvgIpc) is 2.99. The Kier molecular flexibility index (Phi) is 6.43. The molecule has 2 aromatic carbocycles. The Balaban J connectivity index is 1.68. The van der Waals surface area contributed by atoms with Crippen molar-refractivity contribution in [3.05, 3.63) is 70.7 Å². The number of nitrogens with one attached hydrogen (secondary N) is 2. The second-order valence-corrected chi connectivity index (χ2v) is 7.81. The van der Waals surface area contributed by atoms with E-state index in [1.54, 1.807) is 43.4 Å². The van der Waals surface area contributed by atoms with Crippen LogP contribution in [0.25, 0.3) is 0 Å². The quantitative estimate of drug-likeness (QED) is 0.663. The van der Waals surface area contributed by atoms with Crippen LogP contribution in [-0.4, -0.2) is 41.3 Å². The van der Waals surface area contributed by atoms with Crippen molar-refractivity contribution in [3.8, 4) is 0 Å². The van der Waals surface area contributed by atoms with Gasteiger partial charge in [-0.2, -0.15) is 5.01 Å². The average molecular weight is 429 g/mol. The number of benzene rings is 2. The first-order valence-electron chi connectivity index (χ1n) is 9.76. The number of amides is 4. The van der Waals surface area contributed by atoms with Gasteiger partial charge in [-0.25, -0.2) is 4.79 Å². The van der Waals surface area contributed by atoms with Gasteiger partial charge in [-0.3, -0.25) is 19.9 Å². The van der Waals surface area contributed by atoms with Gasteiger partial charge in [-0.05, 0) is 43.7 Å². The van der Waals surface area contributed by atoms with Crippen LogP contribution in [0.1, 0.15) is 37.4 Å². The summed E-state index contributed by atoms with van der Waals surface area (Å²) in [5.74, 6) is -0.954. The van der Waals surface area contributed by atoms with Crippen molar-refractivity contribution in [2.75, 3.05) is 13.6 Å². The highest BCUT2D eigenvalue weighted by Crippen LogP contribution is 2.31. The first-order chi connectivity index (χ1) is 14.3. The molecule has 7 nitrogen and oxygen atoms in total. The molecule has 0 radical (unpaired) electrons. The summed E-state index contributed by atoms with van der Waals surface area (Å²) in [6.07, 6.45) is 0.363. The Labute approximate surface area is 181 Å². The Morgan fingerprint density at radius 2 is 1.80 bits per heavy atom. The SMILES string of the molecule is CCC1(c2ccccc2)NC(=O)N(NC(=O)CN(C)C(C)c2ccc(Cl)cc2)C1=O. The Morgan fingerprint density at radius 1 is 1.17 bits per heavy atom. The van der Waals surface area contributed by atoms with Crippen molar-refractivity contribution >= 4 is 29.4 Å². The molecule has 2 atom stereocenters. The highest BCUT2D eigenvalue weighted by atomic mass is 35.5. The zero-order chi connectivity index (χ0) is 21.9. The minimum atomic E-state index is -1.19. The lowest BCUT2D eigenvalue weighted by atomic mass is 9.87. The lowest BCUT2D eigenvalue weighted by Crippen LogP contribution is -2.50. The van der Waals surface area contributed by atoms with E-state index < -0.39 is 23.4 Å². The third-order valence-corrected chi connectivity index (χ3v) is 5.78. The number of nitrogens with zero attached hydrogens (tertiary/aromatic N) is 2. The van der Waals surface area contributed by atoms with Crippen molar-refractivity contribution in [3.63, 3.8) is 0 Å². The monoisotopic (exact) mass is 428 g/mol.